The number of nitrogens with zero attached hydrogens (tertiary/aromatic N) is 1. The SMILES string of the molecule is Cc1cccnc1CNC(=O)c1c[nH]c2ccccc12. The number of benzene rings is 1. The number of carbonyl (C=O) groups is 1. The summed E-state index contributed by atoms with van der Waals surface area (Å²) in [6.45, 7) is 2.42. The third-order valence-electron chi connectivity index (χ3n) is 3.37. The highest BCUT2D eigenvalue weighted by Gasteiger charge is 2.11. The van der Waals surface area contributed by atoms with Gasteiger partial charge < -0.3 is 10.3 Å². The smallest absolute Gasteiger partial charge is 0.253 e. The highest BCUT2D eigenvalue weighted by atomic mass is 16.1. The minimum atomic E-state index is -0.0903. The van der Waals surface area contributed by atoms with E-state index in [-0.39, 0.29) is 5.91 Å². The molecule has 0 atom stereocenters. The molecule has 0 aliphatic carbocycles. The van der Waals surface area contributed by atoms with E-state index in [2.05, 4.69) is 15.3 Å². The molecule has 2 N–H and O–H groups in total. The van der Waals surface area contributed by atoms with Crippen molar-refractivity contribution in [1.29, 1.82) is 0 Å². The summed E-state index contributed by atoms with van der Waals surface area (Å²) in [4.78, 5) is 19.6. The highest BCUT2D eigenvalue weighted by Crippen LogP contribution is 2.17. The molecule has 2 aromatic heterocycles. The third-order valence-corrected chi connectivity index (χ3v) is 3.37. The van der Waals surface area contributed by atoms with Crippen molar-refractivity contribution >= 4 is 16.8 Å². The standard InChI is InChI=1S/C16H15N3O/c1-11-5-4-8-17-15(11)10-19-16(20)13-9-18-14-7-3-2-6-12(13)14/h2-9,18H,10H2,1H3,(H,19,20). The lowest BCUT2D eigenvalue weighted by Crippen LogP contribution is -2.23. The van der Waals surface area contributed by atoms with E-state index < -0.39 is 0 Å². The van der Waals surface area contributed by atoms with Crippen LogP contribution < -0.4 is 5.32 Å². The number of aromatic amines is 1. The number of hydrogen-bond acceptors (Lipinski definition) is 2. The lowest BCUT2D eigenvalue weighted by Gasteiger charge is -2.06. The summed E-state index contributed by atoms with van der Waals surface area (Å²) in [6.07, 6.45) is 3.48. The molecule has 1 aromatic carbocycles. The number of amides is 1. The Morgan fingerprint density at radius 1 is 1.25 bits per heavy atom. The number of carbonyl (C=O) groups excluding carboxylic acids is 1. The third kappa shape index (κ3) is 2.28. The van der Waals surface area contributed by atoms with Crippen molar-refractivity contribution in [3.05, 3.63) is 65.6 Å². The monoisotopic (exact) mass is 265 g/mol. The zero-order valence-corrected chi connectivity index (χ0v) is 11.2. The lowest BCUT2D eigenvalue weighted by atomic mass is 10.1. The van der Waals surface area contributed by atoms with Crippen LogP contribution in [0.3, 0.4) is 0 Å². The molecular weight excluding hydrogens is 250 g/mol. The van der Waals surface area contributed by atoms with Crippen LogP contribution in [0, 0.1) is 6.92 Å². The number of fused-ring (bicyclic) bond motifs is 1. The van der Waals surface area contributed by atoms with Gasteiger partial charge in [-0.3, -0.25) is 9.78 Å². The minimum absolute atomic E-state index is 0.0903. The molecule has 0 saturated heterocycles. The average Bonchev–Trinajstić information content (AvgIpc) is 2.90. The normalized spacial score (nSPS) is 10.7. The van der Waals surface area contributed by atoms with Crippen molar-refractivity contribution < 1.29 is 4.79 Å². The Kier molecular flexibility index (Phi) is 3.21. The molecule has 0 radical (unpaired) electrons. The maximum atomic E-state index is 12.2. The van der Waals surface area contributed by atoms with Crippen molar-refractivity contribution in [2.45, 2.75) is 13.5 Å². The highest BCUT2D eigenvalue weighted by molar-refractivity contribution is 6.06. The maximum Gasteiger partial charge on any atom is 0.253 e. The van der Waals surface area contributed by atoms with Crippen molar-refractivity contribution in [2.24, 2.45) is 0 Å². The van der Waals surface area contributed by atoms with E-state index in [9.17, 15) is 4.79 Å². The fourth-order valence-electron chi connectivity index (χ4n) is 2.22. The summed E-state index contributed by atoms with van der Waals surface area (Å²) in [5, 5.41) is 3.85. The number of nitrogens with one attached hydrogen (secondary N) is 2. The zero-order chi connectivity index (χ0) is 13.9. The van der Waals surface area contributed by atoms with Gasteiger partial charge >= 0.3 is 0 Å². The van der Waals surface area contributed by atoms with Crippen molar-refractivity contribution in [3.63, 3.8) is 0 Å². The molecule has 100 valence electrons. The number of para-hydroxylation sites is 1. The van der Waals surface area contributed by atoms with E-state index in [1.807, 2.05) is 43.3 Å². The number of pyridine rings is 1. The Morgan fingerprint density at radius 3 is 2.95 bits per heavy atom. The van der Waals surface area contributed by atoms with Crippen LogP contribution in [0.1, 0.15) is 21.6 Å². The first-order valence-corrected chi connectivity index (χ1v) is 6.50. The molecule has 0 saturated carbocycles. The second-order valence-electron chi connectivity index (χ2n) is 4.70. The fraction of sp³-hybridized carbons (Fsp3) is 0.125. The largest absolute Gasteiger partial charge is 0.360 e. The Bertz CT molecular complexity index is 761. The van der Waals surface area contributed by atoms with Crippen LogP contribution >= 0.6 is 0 Å². The summed E-state index contributed by atoms with van der Waals surface area (Å²) >= 11 is 0. The number of H-pyrrole nitrogens is 1. The zero-order valence-electron chi connectivity index (χ0n) is 11.2. The Balaban J connectivity index is 1.79. The predicted molar refractivity (Wildman–Crippen MR) is 78.4 cm³/mol. The topological polar surface area (TPSA) is 57.8 Å². The number of hydrogen-bond donors (Lipinski definition) is 2. The number of rotatable bonds is 3. The van der Waals surface area contributed by atoms with E-state index in [4.69, 9.17) is 0 Å². The molecule has 1 amide bonds. The summed E-state index contributed by atoms with van der Waals surface area (Å²) in [5.74, 6) is -0.0903. The van der Waals surface area contributed by atoms with Gasteiger partial charge in [-0.05, 0) is 24.6 Å². The Labute approximate surface area is 116 Å². The second-order valence-corrected chi connectivity index (χ2v) is 4.70. The van der Waals surface area contributed by atoms with Crippen LogP contribution in [0.4, 0.5) is 0 Å². The molecule has 0 unspecified atom stereocenters. The van der Waals surface area contributed by atoms with Gasteiger partial charge in [-0.25, -0.2) is 0 Å². The molecule has 0 fully saturated rings. The van der Waals surface area contributed by atoms with E-state index >= 15 is 0 Å². The molecule has 0 spiro atoms. The van der Waals surface area contributed by atoms with Gasteiger partial charge in [0, 0.05) is 23.3 Å². The van der Waals surface area contributed by atoms with Crippen LogP contribution in [0.15, 0.2) is 48.8 Å². The maximum absolute atomic E-state index is 12.2. The molecule has 2 heterocycles. The Morgan fingerprint density at radius 2 is 2.10 bits per heavy atom. The molecular formula is C16H15N3O. The molecule has 3 rings (SSSR count). The van der Waals surface area contributed by atoms with Crippen molar-refractivity contribution in [1.82, 2.24) is 15.3 Å². The average molecular weight is 265 g/mol. The van der Waals surface area contributed by atoms with Crippen LogP contribution in [0.2, 0.25) is 0 Å². The lowest BCUT2D eigenvalue weighted by molar-refractivity contribution is 0.0952. The first-order chi connectivity index (χ1) is 9.75. The van der Waals surface area contributed by atoms with Gasteiger partial charge in [-0.1, -0.05) is 24.3 Å². The quantitative estimate of drug-likeness (QED) is 0.765. The molecule has 3 aromatic rings. The van der Waals surface area contributed by atoms with Gasteiger partial charge in [0.2, 0.25) is 0 Å². The van der Waals surface area contributed by atoms with Crippen LogP contribution in [0.5, 0.6) is 0 Å². The first-order valence-electron chi connectivity index (χ1n) is 6.50. The fourth-order valence-corrected chi connectivity index (χ4v) is 2.22. The van der Waals surface area contributed by atoms with Gasteiger partial charge in [-0.15, -0.1) is 0 Å². The van der Waals surface area contributed by atoms with Gasteiger partial charge in [0.15, 0.2) is 0 Å². The Hall–Kier alpha value is -2.62. The molecule has 0 aliphatic rings. The van der Waals surface area contributed by atoms with Gasteiger partial charge in [0.1, 0.15) is 0 Å². The minimum Gasteiger partial charge on any atom is -0.360 e. The van der Waals surface area contributed by atoms with Crippen molar-refractivity contribution in [2.75, 3.05) is 0 Å². The van der Waals surface area contributed by atoms with Crippen LogP contribution in [0.25, 0.3) is 10.9 Å². The van der Waals surface area contributed by atoms with E-state index in [0.29, 0.717) is 12.1 Å². The molecule has 20 heavy (non-hydrogen) atoms. The second kappa shape index (κ2) is 5.17. The molecule has 4 nitrogen and oxygen atoms in total. The molecule has 0 bridgehead atoms. The van der Waals surface area contributed by atoms with Gasteiger partial charge in [0.05, 0.1) is 17.8 Å². The summed E-state index contributed by atoms with van der Waals surface area (Å²) in [6, 6.07) is 11.6. The van der Waals surface area contributed by atoms with E-state index in [0.717, 1.165) is 22.2 Å². The van der Waals surface area contributed by atoms with Crippen LogP contribution in [-0.4, -0.2) is 15.9 Å². The van der Waals surface area contributed by atoms with Crippen LogP contribution in [-0.2, 0) is 6.54 Å². The predicted octanol–water partition coefficient (Wildman–Crippen LogP) is 2.80. The summed E-state index contributed by atoms with van der Waals surface area (Å²) in [5.41, 5.74) is 3.59. The number of aryl methyl sites for hydroxylation is 1. The van der Waals surface area contributed by atoms with Gasteiger partial charge in [-0.2, -0.15) is 0 Å². The van der Waals surface area contributed by atoms with Gasteiger partial charge in [0.25, 0.3) is 5.91 Å². The van der Waals surface area contributed by atoms with E-state index in [1.54, 1.807) is 12.4 Å². The molecule has 4 heteroatoms. The summed E-state index contributed by atoms with van der Waals surface area (Å²) < 4.78 is 0. The number of aromatic nitrogens is 2. The summed E-state index contributed by atoms with van der Waals surface area (Å²) in [7, 11) is 0. The first kappa shape index (κ1) is 12.4. The molecule has 0 aliphatic heterocycles. The van der Waals surface area contributed by atoms with Crippen molar-refractivity contribution in [3.8, 4) is 0 Å². The van der Waals surface area contributed by atoms with E-state index in [1.165, 1.54) is 0 Å².